The van der Waals surface area contributed by atoms with Gasteiger partial charge in [0.15, 0.2) is 0 Å². The van der Waals surface area contributed by atoms with Gasteiger partial charge in [0.05, 0.1) is 11.3 Å². The summed E-state index contributed by atoms with van der Waals surface area (Å²) < 4.78 is 14.0. The molecule has 158 valence electrons. The van der Waals surface area contributed by atoms with Crippen LogP contribution in [-0.2, 0) is 6.42 Å². The van der Waals surface area contributed by atoms with Crippen LogP contribution in [0.2, 0.25) is 0 Å². The van der Waals surface area contributed by atoms with Crippen LogP contribution in [-0.4, -0.2) is 53.7 Å². The zero-order valence-corrected chi connectivity index (χ0v) is 17.3. The van der Waals surface area contributed by atoms with Crippen LogP contribution in [0, 0.1) is 12.7 Å². The quantitative estimate of drug-likeness (QED) is 0.566. The molecule has 0 amide bonds. The third kappa shape index (κ3) is 4.33. The third-order valence-corrected chi connectivity index (χ3v) is 6.08. The molecule has 3 aromatic rings. The van der Waals surface area contributed by atoms with Crippen LogP contribution < -0.4 is 4.90 Å². The van der Waals surface area contributed by atoms with Crippen molar-refractivity contribution in [1.82, 2.24) is 9.88 Å². The minimum Gasteiger partial charge on any atom is -0.478 e. The number of unbranched alkanes of at least 4 members (excludes halogenated alkanes) is 1. The summed E-state index contributed by atoms with van der Waals surface area (Å²) >= 11 is 0. The monoisotopic (exact) mass is 409 g/mol. The summed E-state index contributed by atoms with van der Waals surface area (Å²) in [7, 11) is 0. The number of anilines is 1. The molecule has 2 aromatic carbocycles. The fourth-order valence-electron chi connectivity index (χ4n) is 4.40. The normalized spacial score (nSPS) is 15.1. The summed E-state index contributed by atoms with van der Waals surface area (Å²) in [4.78, 5) is 19.2. The number of carbonyl (C=O) groups is 1. The molecule has 1 fully saturated rings. The lowest BCUT2D eigenvalue weighted by atomic mass is 10.0. The number of aromatic carboxylic acids is 1. The minimum atomic E-state index is -0.892. The van der Waals surface area contributed by atoms with Crippen molar-refractivity contribution in [3.05, 3.63) is 65.1 Å². The highest BCUT2D eigenvalue weighted by atomic mass is 19.1. The molecular formula is C24H28FN3O2. The number of halogens is 1. The van der Waals surface area contributed by atoms with Crippen LogP contribution in [0.25, 0.3) is 10.9 Å². The van der Waals surface area contributed by atoms with Crippen molar-refractivity contribution in [2.24, 2.45) is 0 Å². The van der Waals surface area contributed by atoms with Gasteiger partial charge in [-0.05, 0) is 68.6 Å². The minimum absolute atomic E-state index is 0.147. The molecule has 1 saturated heterocycles. The Balaban J connectivity index is 1.28. The second kappa shape index (κ2) is 8.88. The maximum atomic E-state index is 14.0. The van der Waals surface area contributed by atoms with E-state index in [0.29, 0.717) is 11.3 Å². The van der Waals surface area contributed by atoms with Crippen molar-refractivity contribution in [2.75, 3.05) is 37.6 Å². The van der Waals surface area contributed by atoms with Crippen molar-refractivity contribution < 1.29 is 14.3 Å². The molecule has 2 heterocycles. The maximum absolute atomic E-state index is 14.0. The number of carboxylic acid groups (broad SMARTS) is 1. The van der Waals surface area contributed by atoms with E-state index in [0.717, 1.165) is 68.6 Å². The van der Waals surface area contributed by atoms with E-state index in [4.69, 9.17) is 0 Å². The third-order valence-electron chi connectivity index (χ3n) is 6.08. The summed E-state index contributed by atoms with van der Waals surface area (Å²) in [5, 5.41) is 10.3. The number of nitrogens with zero attached hydrogens (tertiary/aromatic N) is 2. The van der Waals surface area contributed by atoms with Gasteiger partial charge in [-0.2, -0.15) is 0 Å². The molecule has 0 spiro atoms. The van der Waals surface area contributed by atoms with Crippen LogP contribution in [0.4, 0.5) is 10.1 Å². The van der Waals surface area contributed by atoms with Gasteiger partial charge < -0.3 is 15.0 Å². The first kappa shape index (κ1) is 20.4. The van der Waals surface area contributed by atoms with Crippen LogP contribution in [0.15, 0.2) is 42.5 Å². The number of carboxylic acids is 1. The molecule has 4 rings (SSSR count). The van der Waals surface area contributed by atoms with Gasteiger partial charge in [-0.3, -0.25) is 4.90 Å². The fourth-order valence-corrected chi connectivity index (χ4v) is 4.40. The van der Waals surface area contributed by atoms with Crippen molar-refractivity contribution in [2.45, 2.75) is 26.2 Å². The van der Waals surface area contributed by atoms with Gasteiger partial charge in [-0.1, -0.05) is 12.1 Å². The van der Waals surface area contributed by atoms with Gasteiger partial charge in [-0.15, -0.1) is 0 Å². The fraction of sp³-hybridized carbons (Fsp3) is 0.375. The van der Waals surface area contributed by atoms with Crippen molar-refractivity contribution >= 4 is 22.6 Å². The largest absolute Gasteiger partial charge is 0.478 e. The number of benzene rings is 2. The lowest BCUT2D eigenvalue weighted by Crippen LogP contribution is -2.46. The summed E-state index contributed by atoms with van der Waals surface area (Å²) in [6.07, 6.45) is 3.08. The van der Waals surface area contributed by atoms with Gasteiger partial charge in [0.2, 0.25) is 0 Å². The van der Waals surface area contributed by atoms with E-state index in [2.05, 4.69) is 21.7 Å². The molecule has 1 aromatic heterocycles. The van der Waals surface area contributed by atoms with Crippen molar-refractivity contribution in [3.8, 4) is 0 Å². The second-order valence-corrected chi connectivity index (χ2v) is 8.03. The number of H-pyrrole nitrogens is 1. The Hall–Kier alpha value is -2.86. The van der Waals surface area contributed by atoms with E-state index >= 15 is 0 Å². The van der Waals surface area contributed by atoms with Crippen LogP contribution in [0.3, 0.4) is 0 Å². The molecule has 0 unspecified atom stereocenters. The number of aromatic amines is 1. The molecule has 30 heavy (non-hydrogen) atoms. The SMILES string of the molecule is Cc1[nH]c2ccc(C(=O)O)cc2c1CCCCN1CCN(c2ccccc2F)CC1. The molecule has 0 radical (unpaired) electrons. The van der Waals surface area contributed by atoms with Crippen molar-refractivity contribution in [3.63, 3.8) is 0 Å². The number of rotatable bonds is 7. The van der Waals surface area contributed by atoms with E-state index in [1.54, 1.807) is 18.2 Å². The maximum Gasteiger partial charge on any atom is 0.335 e. The highest BCUT2D eigenvalue weighted by Crippen LogP contribution is 2.25. The predicted octanol–water partition coefficient (Wildman–Crippen LogP) is 4.46. The molecule has 2 N–H and O–H groups in total. The number of aryl methyl sites for hydroxylation is 2. The first-order valence-electron chi connectivity index (χ1n) is 10.6. The molecule has 0 saturated carbocycles. The Labute approximate surface area is 176 Å². The molecule has 5 nitrogen and oxygen atoms in total. The molecular weight excluding hydrogens is 381 g/mol. The zero-order chi connectivity index (χ0) is 21.1. The van der Waals surface area contributed by atoms with Crippen molar-refractivity contribution in [1.29, 1.82) is 0 Å². The molecule has 1 aliphatic heterocycles. The smallest absolute Gasteiger partial charge is 0.335 e. The Kier molecular flexibility index (Phi) is 6.04. The first-order chi connectivity index (χ1) is 14.5. The highest BCUT2D eigenvalue weighted by Gasteiger charge is 2.19. The first-order valence-corrected chi connectivity index (χ1v) is 10.6. The number of piperazine rings is 1. The Bertz CT molecular complexity index is 1040. The number of nitrogens with one attached hydrogen (secondary N) is 1. The number of aromatic nitrogens is 1. The lowest BCUT2D eigenvalue weighted by Gasteiger charge is -2.36. The highest BCUT2D eigenvalue weighted by molar-refractivity contribution is 5.95. The number of hydrogen-bond donors (Lipinski definition) is 2. The Morgan fingerprint density at radius 2 is 1.87 bits per heavy atom. The summed E-state index contributed by atoms with van der Waals surface area (Å²) in [6, 6.07) is 12.3. The summed E-state index contributed by atoms with van der Waals surface area (Å²) in [5.74, 6) is -1.04. The number of fused-ring (bicyclic) bond motifs is 1. The Morgan fingerprint density at radius 3 is 2.60 bits per heavy atom. The molecule has 0 bridgehead atoms. The van der Waals surface area contributed by atoms with Gasteiger partial charge in [0, 0.05) is 42.8 Å². The number of hydrogen-bond acceptors (Lipinski definition) is 3. The molecule has 0 aliphatic carbocycles. The molecule has 0 atom stereocenters. The van der Waals surface area contributed by atoms with Gasteiger partial charge in [0.1, 0.15) is 5.82 Å². The van der Waals surface area contributed by atoms with E-state index in [1.165, 1.54) is 11.6 Å². The molecule has 1 aliphatic rings. The second-order valence-electron chi connectivity index (χ2n) is 8.03. The van der Waals surface area contributed by atoms with Gasteiger partial charge in [0.25, 0.3) is 0 Å². The Morgan fingerprint density at radius 1 is 1.10 bits per heavy atom. The topological polar surface area (TPSA) is 59.6 Å². The van der Waals surface area contributed by atoms with E-state index in [1.807, 2.05) is 18.2 Å². The van der Waals surface area contributed by atoms with Crippen LogP contribution >= 0.6 is 0 Å². The standard InChI is InChI=1S/C24H28FN3O2/c1-17-19(20-16-18(24(29)30)9-10-22(20)26-17)6-4-5-11-27-12-14-28(15-13-27)23-8-3-2-7-21(23)25/h2-3,7-10,16,26H,4-6,11-15H2,1H3,(H,29,30). The average molecular weight is 410 g/mol. The van der Waals surface area contributed by atoms with Crippen LogP contribution in [0.5, 0.6) is 0 Å². The van der Waals surface area contributed by atoms with E-state index < -0.39 is 5.97 Å². The van der Waals surface area contributed by atoms with Gasteiger partial charge in [-0.25, -0.2) is 9.18 Å². The molecule has 6 heteroatoms. The predicted molar refractivity (Wildman–Crippen MR) is 118 cm³/mol. The zero-order valence-electron chi connectivity index (χ0n) is 17.3. The van der Waals surface area contributed by atoms with E-state index in [9.17, 15) is 14.3 Å². The lowest BCUT2D eigenvalue weighted by molar-refractivity contribution is 0.0697. The number of para-hydroxylation sites is 1. The summed E-state index contributed by atoms with van der Waals surface area (Å²) in [5.41, 5.74) is 4.36. The average Bonchev–Trinajstić information content (AvgIpc) is 3.06. The van der Waals surface area contributed by atoms with E-state index in [-0.39, 0.29) is 5.82 Å². The van der Waals surface area contributed by atoms with Crippen LogP contribution in [0.1, 0.15) is 34.5 Å². The summed E-state index contributed by atoms with van der Waals surface area (Å²) in [6.45, 7) is 6.68. The van der Waals surface area contributed by atoms with Gasteiger partial charge >= 0.3 is 5.97 Å².